The lowest BCUT2D eigenvalue weighted by Crippen LogP contribution is -2.01. The molecule has 0 amide bonds. The van der Waals surface area contributed by atoms with Gasteiger partial charge >= 0.3 is 0 Å². The molecule has 0 aromatic carbocycles. The van der Waals surface area contributed by atoms with Crippen molar-refractivity contribution in [2.24, 2.45) is 0 Å². The summed E-state index contributed by atoms with van der Waals surface area (Å²) in [6.45, 7) is 4.23. The van der Waals surface area contributed by atoms with Crippen molar-refractivity contribution < 1.29 is 4.39 Å². The van der Waals surface area contributed by atoms with Crippen LogP contribution < -0.4 is 0 Å². The molecule has 34 heavy (non-hydrogen) atoms. The molecule has 0 fully saturated rings. The number of rotatable bonds is 1. The van der Waals surface area contributed by atoms with E-state index >= 15 is 4.39 Å². The minimum Gasteiger partial charge on any atom is -0.336 e. The molecule has 10 heteroatoms. The number of hydrogen-bond donors (Lipinski definition) is 2. The molecular formula is C24H17FN8S. The summed E-state index contributed by atoms with van der Waals surface area (Å²) in [4.78, 5) is 22.6. The van der Waals surface area contributed by atoms with E-state index in [0.29, 0.717) is 33.1 Å². The third-order valence-corrected chi connectivity index (χ3v) is 7.13. The molecule has 0 aliphatic carbocycles. The normalized spacial score (nSPS) is 12.2. The Bertz CT molecular complexity index is 1980. The number of fused-ring (bicyclic) bond motifs is 9. The number of aromatic nitrogens is 8. The van der Waals surface area contributed by atoms with E-state index < -0.39 is 5.82 Å². The van der Waals surface area contributed by atoms with Crippen LogP contribution in [0.1, 0.15) is 19.9 Å². The van der Waals surface area contributed by atoms with E-state index in [0.717, 1.165) is 26.1 Å². The van der Waals surface area contributed by atoms with Crippen molar-refractivity contribution in [2.45, 2.75) is 19.9 Å². The van der Waals surface area contributed by atoms with E-state index in [2.05, 4.69) is 60.7 Å². The molecule has 0 unspecified atom stereocenters. The van der Waals surface area contributed by atoms with Crippen LogP contribution in [-0.4, -0.2) is 39.7 Å². The van der Waals surface area contributed by atoms with Gasteiger partial charge in [0.05, 0.1) is 32.1 Å². The average molecular weight is 469 g/mol. The summed E-state index contributed by atoms with van der Waals surface area (Å²) in [5, 5.41) is 8.46. The van der Waals surface area contributed by atoms with Gasteiger partial charge in [-0.25, -0.2) is 14.4 Å². The zero-order chi connectivity index (χ0) is 23.0. The third-order valence-electron chi connectivity index (χ3n) is 6.04. The molecule has 0 spiro atoms. The lowest BCUT2D eigenvalue weighted by Gasteiger charge is -2.12. The van der Waals surface area contributed by atoms with Gasteiger partial charge in [0.1, 0.15) is 22.4 Å². The second kappa shape index (κ2) is 6.91. The lowest BCUT2D eigenvalue weighted by atomic mass is 10.1. The van der Waals surface area contributed by atoms with Gasteiger partial charge in [-0.1, -0.05) is 0 Å². The first-order valence-corrected chi connectivity index (χ1v) is 11.6. The van der Waals surface area contributed by atoms with Crippen LogP contribution >= 0.6 is 11.3 Å². The fourth-order valence-corrected chi connectivity index (χ4v) is 5.68. The van der Waals surface area contributed by atoms with Gasteiger partial charge in [0, 0.05) is 35.4 Å². The highest BCUT2D eigenvalue weighted by Gasteiger charge is 2.16. The average Bonchev–Trinajstić information content (AvgIpc) is 3.56. The van der Waals surface area contributed by atoms with Crippen molar-refractivity contribution in [3.05, 3.63) is 54.9 Å². The molecule has 0 saturated heterocycles. The molecule has 0 aliphatic rings. The van der Waals surface area contributed by atoms with Crippen molar-refractivity contribution in [3.63, 3.8) is 0 Å². The first-order chi connectivity index (χ1) is 16.6. The summed E-state index contributed by atoms with van der Waals surface area (Å²) in [5.74, 6) is -0.421. The predicted molar refractivity (Wildman–Crippen MR) is 133 cm³/mol. The van der Waals surface area contributed by atoms with Crippen molar-refractivity contribution >= 4 is 75.9 Å². The Kier molecular flexibility index (Phi) is 3.92. The summed E-state index contributed by atoms with van der Waals surface area (Å²) in [5.41, 5.74) is 4.33. The van der Waals surface area contributed by atoms with Gasteiger partial charge in [-0.2, -0.15) is 5.10 Å². The van der Waals surface area contributed by atoms with Crippen molar-refractivity contribution in [1.82, 2.24) is 39.7 Å². The Morgan fingerprint density at radius 2 is 1.91 bits per heavy atom. The molecule has 7 rings (SSSR count). The zero-order valence-corrected chi connectivity index (χ0v) is 19.0. The highest BCUT2D eigenvalue weighted by atomic mass is 32.1. The molecule has 0 radical (unpaired) electrons. The van der Waals surface area contributed by atoms with Gasteiger partial charge < -0.3 is 9.55 Å². The number of pyridine rings is 3. The Morgan fingerprint density at radius 3 is 2.79 bits per heavy atom. The summed E-state index contributed by atoms with van der Waals surface area (Å²) in [6.07, 6.45) is 6.72. The van der Waals surface area contributed by atoms with Crippen LogP contribution in [0, 0.1) is 5.82 Å². The third kappa shape index (κ3) is 2.65. The minimum atomic E-state index is -0.421. The van der Waals surface area contributed by atoms with Gasteiger partial charge in [-0.15, -0.1) is 11.3 Å². The molecule has 7 aromatic heterocycles. The lowest BCUT2D eigenvalue weighted by molar-refractivity contribution is 0.640. The van der Waals surface area contributed by atoms with E-state index in [1.807, 2.05) is 12.1 Å². The van der Waals surface area contributed by atoms with Crippen molar-refractivity contribution in [2.75, 3.05) is 0 Å². The number of nitrogens with zero attached hydrogens (tertiary/aromatic N) is 6. The van der Waals surface area contributed by atoms with Crippen LogP contribution in [0.15, 0.2) is 49.1 Å². The number of thiophene rings is 1. The predicted octanol–water partition coefficient (Wildman–Crippen LogP) is 5.94. The quantitative estimate of drug-likeness (QED) is 0.310. The molecule has 7 aromatic rings. The standard InChI is InChI=1S/C24H17FN8S/c1-11(2)33-13-7-12(8-26-9-13)14-10-28-23-18(19(14)25)22(31-32-23)24-29-15-5-6-27-21(20(15)30-24)16-3-4-17(33)34-16/h3-11H,1-2H3,(H,29,30)(H,28,31,32). The molecule has 166 valence electrons. The van der Waals surface area contributed by atoms with Gasteiger partial charge in [-0.3, -0.25) is 15.1 Å². The molecule has 8 bridgehead atoms. The Hall–Kier alpha value is -4.18. The number of H-pyrrole nitrogens is 2. The number of halogens is 1. The highest BCUT2D eigenvalue weighted by molar-refractivity contribution is 7.23. The van der Waals surface area contributed by atoms with Crippen molar-refractivity contribution in [3.8, 4) is 0 Å². The van der Waals surface area contributed by atoms with Gasteiger partial charge in [0.25, 0.3) is 0 Å². The highest BCUT2D eigenvalue weighted by Crippen LogP contribution is 2.31. The molecule has 2 N–H and O–H groups in total. The van der Waals surface area contributed by atoms with Gasteiger partial charge in [0.15, 0.2) is 11.3 Å². The Labute approximate surface area is 194 Å². The SMILES string of the molecule is CC(C)n1c2cncc(c2)c2cnc3[nH]nc(c4nc5c(ccnc5c5ccc1s5)[nH]4)c3c2F. The molecule has 0 saturated carbocycles. The fraction of sp³-hybridized carbons (Fsp3) is 0.125. The van der Waals surface area contributed by atoms with E-state index in [1.165, 1.54) is 6.20 Å². The van der Waals surface area contributed by atoms with E-state index in [4.69, 9.17) is 4.98 Å². The van der Waals surface area contributed by atoms with Crippen LogP contribution in [0.4, 0.5) is 4.39 Å². The number of imidazole rings is 1. The first-order valence-electron chi connectivity index (χ1n) is 10.8. The summed E-state index contributed by atoms with van der Waals surface area (Å²) in [6, 6.07) is 8.09. The van der Waals surface area contributed by atoms with E-state index in [9.17, 15) is 0 Å². The second-order valence-electron chi connectivity index (χ2n) is 8.46. The largest absolute Gasteiger partial charge is 0.336 e. The Balaban J connectivity index is 1.83. The smallest absolute Gasteiger partial charge is 0.159 e. The molecular weight excluding hydrogens is 451 g/mol. The van der Waals surface area contributed by atoms with Crippen LogP contribution in [-0.2, 0) is 0 Å². The van der Waals surface area contributed by atoms with Gasteiger partial charge in [-0.05, 0) is 38.1 Å². The monoisotopic (exact) mass is 468 g/mol. The summed E-state index contributed by atoms with van der Waals surface area (Å²) in [7, 11) is 0. The molecule has 8 nitrogen and oxygen atoms in total. The maximum atomic E-state index is 16.0. The second-order valence-corrected chi connectivity index (χ2v) is 9.52. The fourth-order valence-electron chi connectivity index (χ4n) is 4.53. The molecule has 0 aliphatic heterocycles. The topological polar surface area (TPSA) is 101 Å². The van der Waals surface area contributed by atoms with Crippen LogP contribution in [0.25, 0.3) is 64.6 Å². The van der Waals surface area contributed by atoms with Crippen LogP contribution in [0.5, 0.6) is 0 Å². The Morgan fingerprint density at radius 1 is 1.00 bits per heavy atom. The van der Waals surface area contributed by atoms with Crippen LogP contribution in [0.3, 0.4) is 0 Å². The maximum absolute atomic E-state index is 16.0. The minimum absolute atomic E-state index is 0.144. The van der Waals surface area contributed by atoms with Gasteiger partial charge in [0.2, 0.25) is 0 Å². The van der Waals surface area contributed by atoms with Crippen LogP contribution in [0.2, 0.25) is 0 Å². The molecule has 0 atom stereocenters. The number of aromatic amines is 2. The zero-order valence-electron chi connectivity index (χ0n) is 18.2. The molecule has 7 heterocycles. The van der Waals surface area contributed by atoms with E-state index in [-0.39, 0.29) is 11.4 Å². The first kappa shape index (κ1) is 19.3. The number of hydrogen-bond acceptors (Lipinski definition) is 6. The van der Waals surface area contributed by atoms with Crippen molar-refractivity contribution in [1.29, 1.82) is 0 Å². The van der Waals surface area contributed by atoms with E-state index in [1.54, 1.807) is 29.9 Å². The summed E-state index contributed by atoms with van der Waals surface area (Å²) >= 11 is 1.63. The number of nitrogens with one attached hydrogen (secondary N) is 2. The summed E-state index contributed by atoms with van der Waals surface area (Å²) < 4.78 is 19.2. The maximum Gasteiger partial charge on any atom is 0.159 e.